The van der Waals surface area contributed by atoms with Gasteiger partial charge in [0.05, 0.1) is 34.8 Å². The number of nitrogens with zero attached hydrogens (tertiary/aromatic N) is 4. The molecule has 0 fully saturated rings. The van der Waals surface area contributed by atoms with Crippen molar-refractivity contribution >= 4 is 39.4 Å². The summed E-state index contributed by atoms with van der Waals surface area (Å²) >= 11 is 5.87. The first-order valence-electron chi connectivity index (χ1n) is 5.59. The molecule has 0 aliphatic heterocycles. The highest BCUT2D eigenvalue weighted by atomic mass is 79.9. The van der Waals surface area contributed by atoms with E-state index in [1.807, 2.05) is 19.1 Å². The zero-order valence-corrected chi connectivity index (χ0v) is 13.2. The van der Waals surface area contributed by atoms with Crippen molar-refractivity contribution in [2.45, 2.75) is 13.3 Å². The van der Waals surface area contributed by atoms with Gasteiger partial charge in [0.25, 0.3) is 0 Å². The van der Waals surface area contributed by atoms with Crippen molar-refractivity contribution in [3.05, 3.63) is 45.7 Å². The molecule has 1 aromatic carbocycles. The first kappa shape index (κ1) is 12.8. The number of halogens is 1. The van der Waals surface area contributed by atoms with Crippen molar-refractivity contribution in [3.8, 4) is 11.4 Å². The third-order valence-corrected chi connectivity index (χ3v) is 4.43. The summed E-state index contributed by atoms with van der Waals surface area (Å²) in [5.41, 5.74) is 4.79. The van der Waals surface area contributed by atoms with Crippen LogP contribution in [0.5, 0.6) is 0 Å². The average Bonchev–Trinajstić information content (AvgIpc) is 3.01. The predicted molar refractivity (Wildman–Crippen MR) is 80.5 cm³/mol. The SMILES string of the molecule is Cc1nsnc1-c1nsnc1Cc1ccc(Br)cc1. The number of rotatable bonds is 3. The van der Waals surface area contributed by atoms with Gasteiger partial charge in [0.2, 0.25) is 0 Å². The van der Waals surface area contributed by atoms with Gasteiger partial charge in [-0.3, -0.25) is 0 Å². The normalized spacial score (nSPS) is 10.8. The molecule has 0 amide bonds. The van der Waals surface area contributed by atoms with Crippen LogP contribution in [-0.2, 0) is 6.42 Å². The van der Waals surface area contributed by atoms with Gasteiger partial charge in [-0.2, -0.15) is 17.5 Å². The minimum Gasteiger partial charge on any atom is -0.178 e. The second-order valence-electron chi connectivity index (χ2n) is 4.06. The maximum absolute atomic E-state index is 4.39. The lowest BCUT2D eigenvalue weighted by atomic mass is 10.1. The summed E-state index contributed by atoms with van der Waals surface area (Å²) in [6.07, 6.45) is 0.760. The van der Waals surface area contributed by atoms with E-state index in [1.165, 1.54) is 29.0 Å². The molecule has 0 aliphatic rings. The topological polar surface area (TPSA) is 51.6 Å². The Morgan fingerprint density at radius 1 is 0.947 bits per heavy atom. The molecular weight excluding hydrogens is 344 g/mol. The van der Waals surface area contributed by atoms with Crippen LogP contribution in [0.1, 0.15) is 17.0 Å². The van der Waals surface area contributed by atoms with Gasteiger partial charge < -0.3 is 0 Å². The molecule has 19 heavy (non-hydrogen) atoms. The van der Waals surface area contributed by atoms with E-state index in [1.54, 1.807) is 0 Å². The Hall–Kier alpha value is -1.18. The molecule has 0 N–H and O–H groups in total. The molecule has 0 spiro atoms. The predicted octanol–water partition coefficient (Wildman–Crippen LogP) is 3.72. The van der Waals surface area contributed by atoms with Crippen LogP contribution in [0.25, 0.3) is 11.4 Å². The number of benzene rings is 1. The first-order valence-corrected chi connectivity index (χ1v) is 7.85. The molecule has 0 atom stereocenters. The van der Waals surface area contributed by atoms with Crippen molar-refractivity contribution in [2.75, 3.05) is 0 Å². The molecule has 7 heteroatoms. The van der Waals surface area contributed by atoms with E-state index < -0.39 is 0 Å². The summed E-state index contributed by atoms with van der Waals surface area (Å²) < 4.78 is 18.3. The van der Waals surface area contributed by atoms with Crippen molar-refractivity contribution in [1.82, 2.24) is 17.5 Å². The van der Waals surface area contributed by atoms with E-state index in [0.717, 1.165) is 33.7 Å². The highest BCUT2D eigenvalue weighted by molar-refractivity contribution is 9.10. The number of aryl methyl sites for hydroxylation is 1. The fourth-order valence-electron chi connectivity index (χ4n) is 1.74. The number of hydrogen-bond acceptors (Lipinski definition) is 6. The number of aromatic nitrogens is 4. The molecule has 0 bridgehead atoms. The fourth-order valence-corrected chi connectivity index (χ4v) is 3.12. The van der Waals surface area contributed by atoms with E-state index in [-0.39, 0.29) is 0 Å². The van der Waals surface area contributed by atoms with Crippen molar-refractivity contribution in [2.24, 2.45) is 0 Å². The second-order valence-corrected chi connectivity index (χ2v) is 6.03. The molecule has 4 nitrogen and oxygen atoms in total. The molecule has 2 heterocycles. The first-order chi connectivity index (χ1) is 9.24. The zero-order valence-electron chi connectivity index (χ0n) is 10.00. The summed E-state index contributed by atoms with van der Waals surface area (Å²) in [6, 6.07) is 8.23. The Labute approximate surface area is 127 Å². The van der Waals surface area contributed by atoms with Crippen LogP contribution >= 0.6 is 39.4 Å². The van der Waals surface area contributed by atoms with Gasteiger partial charge in [-0.15, -0.1) is 0 Å². The largest absolute Gasteiger partial charge is 0.178 e. The van der Waals surface area contributed by atoms with Gasteiger partial charge in [0.15, 0.2) is 0 Å². The van der Waals surface area contributed by atoms with Crippen LogP contribution in [0.4, 0.5) is 0 Å². The van der Waals surface area contributed by atoms with Crippen molar-refractivity contribution in [1.29, 1.82) is 0 Å². The third-order valence-electron chi connectivity index (χ3n) is 2.72. The molecule has 2 aromatic heterocycles. The Morgan fingerprint density at radius 3 is 2.32 bits per heavy atom. The molecular formula is C12H9BrN4S2. The molecule has 0 saturated heterocycles. The Morgan fingerprint density at radius 2 is 1.63 bits per heavy atom. The Balaban J connectivity index is 1.93. The highest BCUT2D eigenvalue weighted by Gasteiger charge is 2.16. The van der Waals surface area contributed by atoms with Crippen LogP contribution in [0.3, 0.4) is 0 Å². The van der Waals surface area contributed by atoms with Crippen LogP contribution in [0.2, 0.25) is 0 Å². The van der Waals surface area contributed by atoms with Crippen LogP contribution in [0, 0.1) is 6.92 Å². The summed E-state index contributed by atoms with van der Waals surface area (Å²) in [5.74, 6) is 0. The van der Waals surface area contributed by atoms with E-state index in [2.05, 4.69) is 45.6 Å². The monoisotopic (exact) mass is 352 g/mol. The molecule has 3 aromatic rings. The summed E-state index contributed by atoms with van der Waals surface area (Å²) in [7, 11) is 0. The van der Waals surface area contributed by atoms with E-state index >= 15 is 0 Å². The Bertz CT molecular complexity index is 690. The van der Waals surface area contributed by atoms with Crippen molar-refractivity contribution < 1.29 is 0 Å². The van der Waals surface area contributed by atoms with Gasteiger partial charge in [-0.05, 0) is 24.6 Å². The maximum atomic E-state index is 4.39. The molecule has 0 aliphatic carbocycles. The second kappa shape index (κ2) is 5.44. The standard InChI is InChI=1S/C12H9BrN4S2/c1-7-11(16-18-14-7)12-10(15-19-17-12)6-8-2-4-9(13)5-3-8/h2-5H,6H2,1H3. The smallest absolute Gasteiger partial charge is 0.129 e. The minimum atomic E-state index is 0.760. The summed E-state index contributed by atoms with van der Waals surface area (Å²) in [5, 5.41) is 0. The molecule has 0 radical (unpaired) electrons. The summed E-state index contributed by atoms with van der Waals surface area (Å²) in [4.78, 5) is 0. The quantitative estimate of drug-likeness (QED) is 0.720. The van der Waals surface area contributed by atoms with Gasteiger partial charge in [0.1, 0.15) is 11.4 Å². The minimum absolute atomic E-state index is 0.760. The lowest BCUT2D eigenvalue weighted by molar-refractivity contribution is 1.12. The highest BCUT2D eigenvalue weighted by Crippen LogP contribution is 2.25. The van der Waals surface area contributed by atoms with Gasteiger partial charge >= 0.3 is 0 Å². The molecule has 0 unspecified atom stereocenters. The maximum Gasteiger partial charge on any atom is 0.129 e. The van der Waals surface area contributed by atoms with E-state index in [9.17, 15) is 0 Å². The lowest BCUT2D eigenvalue weighted by Crippen LogP contribution is -1.93. The average molecular weight is 353 g/mol. The molecule has 3 rings (SSSR count). The van der Waals surface area contributed by atoms with Gasteiger partial charge in [-0.1, -0.05) is 28.1 Å². The van der Waals surface area contributed by atoms with Gasteiger partial charge in [-0.25, -0.2) is 0 Å². The van der Waals surface area contributed by atoms with Crippen LogP contribution in [0.15, 0.2) is 28.7 Å². The van der Waals surface area contributed by atoms with Crippen LogP contribution < -0.4 is 0 Å². The fraction of sp³-hybridized carbons (Fsp3) is 0.167. The van der Waals surface area contributed by atoms with Gasteiger partial charge in [0, 0.05) is 10.9 Å². The van der Waals surface area contributed by atoms with E-state index in [4.69, 9.17) is 0 Å². The van der Waals surface area contributed by atoms with Crippen molar-refractivity contribution in [3.63, 3.8) is 0 Å². The van der Waals surface area contributed by atoms with E-state index in [0.29, 0.717) is 0 Å². The summed E-state index contributed by atoms with van der Waals surface area (Å²) in [6.45, 7) is 1.95. The molecule has 0 saturated carbocycles. The van der Waals surface area contributed by atoms with Crippen LogP contribution in [-0.4, -0.2) is 17.5 Å². The molecule has 96 valence electrons. The lowest BCUT2D eigenvalue weighted by Gasteiger charge is -2.00. The zero-order chi connectivity index (χ0) is 13.2. The Kier molecular flexibility index (Phi) is 3.67. The third kappa shape index (κ3) is 2.72. The number of hydrogen-bond donors (Lipinski definition) is 0.